The highest BCUT2D eigenvalue weighted by atomic mass is 32.2. The number of rotatable bonds is 4. The number of alkyl halides is 3. The lowest BCUT2D eigenvalue weighted by atomic mass is 10.2. The Kier molecular flexibility index (Phi) is 4.62. The number of hydrogen-bond donors (Lipinski definition) is 1. The maximum absolute atomic E-state index is 12.4. The SMILES string of the molecule is COc1ccc(N)cc1CSc1ccc(C(F)(F)F)cn1. The first kappa shape index (κ1) is 15.5. The molecule has 3 nitrogen and oxygen atoms in total. The first-order chi connectivity index (χ1) is 9.90. The maximum atomic E-state index is 12.4. The Morgan fingerprint density at radius 2 is 2.00 bits per heavy atom. The van der Waals surface area contributed by atoms with E-state index in [1.165, 1.54) is 17.8 Å². The van der Waals surface area contributed by atoms with Crippen LogP contribution in [0.4, 0.5) is 18.9 Å². The molecule has 112 valence electrons. The number of anilines is 1. The summed E-state index contributed by atoms with van der Waals surface area (Å²) in [5.74, 6) is 1.19. The van der Waals surface area contributed by atoms with Crippen LogP contribution in [0.2, 0.25) is 0 Å². The zero-order chi connectivity index (χ0) is 15.5. The van der Waals surface area contributed by atoms with Crippen molar-refractivity contribution in [2.45, 2.75) is 17.0 Å². The first-order valence-electron chi connectivity index (χ1n) is 5.98. The fourth-order valence-electron chi connectivity index (χ4n) is 1.70. The van der Waals surface area contributed by atoms with Crippen LogP contribution in [0, 0.1) is 0 Å². The van der Waals surface area contributed by atoms with Crippen molar-refractivity contribution in [1.82, 2.24) is 4.98 Å². The van der Waals surface area contributed by atoms with E-state index in [1.54, 1.807) is 25.3 Å². The average molecular weight is 314 g/mol. The molecule has 1 aromatic carbocycles. The van der Waals surface area contributed by atoms with E-state index in [-0.39, 0.29) is 0 Å². The Balaban J connectivity index is 2.08. The first-order valence-corrected chi connectivity index (χ1v) is 6.97. The normalized spacial score (nSPS) is 11.4. The molecule has 0 aliphatic heterocycles. The molecular formula is C14H13F3N2OS. The van der Waals surface area contributed by atoms with E-state index in [9.17, 15) is 13.2 Å². The second kappa shape index (κ2) is 6.26. The number of thioether (sulfide) groups is 1. The highest BCUT2D eigenvalue weighted by Gasteiger charge is 2.30. The van der Waals surface area contributed by atoms with E-state index in [1.807, 2.05) is 0 Å². The Morgan fingerprint density at radius 3 is 2.57 bits per heavy atom. The monoisotopic (exact) mass is 314 g/mol. The van der Waals surface area contributed by atoms with Crippen LogP contribution in [0.15, 0.2) is 41.6 Å². The molecule has 0 radical (unpaired) electrons. The number of benzene rings is 1. The third kappa shape index (κ3) is 4.04. The molecule has 0 atom stereocenters. The van der Waals surface area contributed by atoms with Crippen LogP contribution in [0.5, 0.6) is 5.75 Å². The van der Waals surface area contributed by atoms with E-state index in [0.717, 1.165) is 17.8 Å². The van der Waals surface area contributed by atoms with Crippen molar-refractivity contribution in [2.24, 2.45) is 0 Å². The van der Waals surface area contributed by atoms with Crippen LogP contribution in [-0.4, -0.2) is 12.1 Å². The molecule has 2 N–H and O–H groups in total. The van der Waals surface area contributed by atoms with Crippen molar-refractivity contribution >= 4 is 17.4 Å². The average Bonchev–Trinajstić information content (AvgIpc) is 2.45. The van der Waals surface area contributed by atoms with E-state index < -0.39 is 11.7 Å². The lowest BCUT2D eigenvalue weighted by Gasteiger charge is -2.09. The largest absolute Gasteiger partial charge is 0.496 e. The van der Waals surface area contributed by atoms with Gasteiger partial charge in [-0.25, -0.2) is 4.98 Å². The second-order valence-electron chi connectivity index (χ2n) is 4.24. The molecule has 2 rings (SSSR count). The Bertz CT molecular complexity index is 615. The molecule has 0 bridgehead atoms. The number of ether oxygens (including phenoxy) is 1. The van der Waals surface area contributed by atoms with Crippen LogP contribution < -0.4 is 10.5 Å². The van der Waals surface area contributed by atoms with Crippen molar-refractivity contribution < 1.29 is 17.9 Å². The van der Waals surface area contributed by atoms with Crippen molar-refractivity contribution in [3.63, 3.8) is 0 Å². The summed E-state index contributed by atoms with van der Waals surface area (Å²) in [5, 5.41) is 0.507. The molecule has 1 aromatic heterocycles. The van der Waals surface area contributed by atoms with Crippen LogP contribution >= 0.6 is 11.8 Å². The Morgan fingerprint density at radius 1 is 1.24 bits per heavy atom. The summed E-state index contributed by atoms with van der Waals surface area (Å²) in [4.78, 5) is 3.81. The minimum atomic E-state index is -4.37. The minimum Gasteiger partial charge on any atom is -0.496 e. The smallest absolute Gasteiger partial charge is 0.417 e. The third-order valence-electron chi connectivity index (χ3n) is 2.74. The number of nitrogen functional groups attached to an aromatic ring is 1. The standard InChI is InChI=1S/C14H13F3N2OS/c1-20-12-4-3-11(18)6-9(12)8-21-13-5-2-10(7-19-13)14(15,16)17/h2-7H,8,18H2,1H3. The Hall–Kier alpha value is -1.89. The van der Waals surface area contributed by atoms with Gasteiger partial charge >= 0.3 is 6.18 Å². The lowest BCUT2D eigenvalue weighted by Crippen LogP contribution is -2.05. The van der Waals surface area contributed by atoms with Gasteiger partial charge < -0.3 is 10.5 Å². The van der Waals surface area contributed by atoms with E-state index in [4.69, 9.17) is 10.5 Å². The molecule has 0 spiro atoms. The molecule has 0 saturated carbocycles. The summed E-state index contributed by atoms with van der Waals surface area (Å²) < 4.78 is 42.5. The van der Waals surface area contributed by atoms with Gasteiger partial charge in [0.15, 0.2) is 0 Å². The molecule has 7 heteroatoms. The summed E-state index contributed by atoms with van der Waals surface area (Å²) in [6, 6.07) is 7.63. The van der Waals surface area contributed by atoms with E-state index >= 15 is 0 Å². The van der Waals surface area contributed by atoms with Gasteiger partial charge in [0, 0.05) is 23.2 Å². The summed E-state index contributed by atoms with van der Waals surface area (Å²) in [6.07, 6.45) is -3.54. The second-order valence-corrected chi connectivity index (χ2v) is 5.24. The molecule has 0 fully saturated rings. The third-order valence-corrected chi connectivity index (χ3v) is 3.74. The quantitative estimate of drug-likeness (QED) is 0.685. The van der Waals surface area contributed by atoms with Gasteiger partial charge in [-0.3, -0.25) is 0 Å². The zero-order valence-corrected chi connectivity index (χ0v) is 12.0. The van der Waals surface area contributed by atoms with Gasteiger partial charge in [0.05, 0.1) is 17.7 Å². The van der Waals surface area contributed by atoms with Gasteiger partial charge in [-0.1, -0.05) is 0 Å². The highest BCUT2D eigenvalue weighted by Crippen LogP contribution is 2.31. The van der Waals surface area contributed by atoms with Crippen LogP contribution in [0.1, 0.15) is 11.1 Å². The van der Waals surface area contributed by atoms with Gasteiger partial charge in [0.2, 0.25) is 0 Å². The van der Waals surface area contributed by atoms with E-state index in [0.29, 0.717) is 22.2 Å². The van der Waals surface area contributed by atoms with Crippen molar-refractivity contribution in [1.29, 1.82) is 0 Å². The van der Waals surface area contributed by atoms with Gasteiger partial charge in [0.1, 0.15) is 5.75 Å². The zero-order valence-electron chi connectivity index (χ0n) is 11.1. The van der Waals surface area contributed by atoms with Gasteiger partial charge in [-0.2, -0.15) is 13.2 Å². The summed E-state index contributed by atoms with van der Waals surface area (Å²) in [7, 11) is 1.55. The summed E-state index contributed by atoms with van der Waals surface area (Å²) >= 11 is 1.32. The molecule has 0 aliphatic rings. The van der Waals surface area contributed by atoms with Crippen molar-refractivity contribution in [2.75, 3.05) is 12.8 Å². The number of hydrogen-bond acceptors (Lipinski definition) is 4. The fraction of sp³-hybridized carbons (Fsp3) is 0.214. The number of nitrogens with zero attached hydrogens (tertiary/aromatic N) is 1. The van der Waals surface area contributed by atoms with Gasteiger partial charge in [0.25, 0.3) is 0 Å². The molecule has 0 unspecified atom stereocenters. The van der Waals surface area contributed by atoms with Gasteiger partial charge in [-0.05, 0) is 30.3 Å². The molecule has 0 aliphatic carbocycles. The van der Waals surface area contributed by atoms with Crippen LogP contribution in [0.3, 0.4) is 0 Å². The topological polar surface area (TPSA) is 48.1 Å². The molecule has 1 heterocycles. The van der Waals surface area contributed by atoms with Crippen LogP contribution in [-0.2, 0) is 11.9 Å². The number of pyridine rings is 1. The summed E-state index contributed by atoms with van der Waals surface area (Å²) in [6.45, 7) is 0. The minimum absolute atomic E-state index is 0.507. The number of nitrogens with two attached hydrogens (primary N) is 1. The number of halogens is 3. The molecule has 2 aromatic rings. The summed E-state index contributed by atoms with van der Waals surface area (Å²) in [5.41, 5.74) is 6.43. The van der Waals surface area contributed by atoms with Crippen molar-refractivity contribution in [3.05, 3.63) is 47.7 Å². The molecule has 0 saturated heterocycles. The number of methoxy groups -OCH3 is 1. The van der Waals surface area contributed by atoms with Crippen molar-refractivity contribution in [3.8, 4) is 5.75 Å². The molecule has 21 heavy (non-hydrogen) atoms. The predicted octanol–water partition coefficient (Wildman–Crippen LogP) is 3.98. The molecule has 0 amide bonds. The van der Waals surface area contributed by atoms with E-state index in [2.05, 4.69) is 4.98 Å². The number of aromatic nitrogens is 1. The lowest BCUT2D eigenvalue weighted by molar-refractivity contribution is -0.137. The van der Waals surface area contributed by atoms with Gasteiger partial charge in [-0.15, -0.1) is 11.8 Å². The maximum Gasteiger partial charge on any atom is 0.417 e. The fourth-order valence-corrected chi connectivity index (χ4v) is 2.52. The highest BCUT2D eigenvalue weighted by molar-refractivity contribution is 7.98. The predicted molar refractivity (Wildman–Crippen MR) is 76.2 cm³/mol. The molecular weight excluding hydrogens is 301 g/mol. The Labute approximate surface area is 124 Å². The van der Waals surface area contributed by atoms with Crippen LogP contribution in [0.25, 0.3) is 0 Å².